The van der Waals surface area contributed by atoms with Gasteiger partial charge in [0.1, 0.15) is 11.5 Å². The molecule has 0 aromatic carbocycles. The highest BCUT2D eigenvalue weighted by molar-refractivity contribution is 5.95. The number of aryl methyl sites for hydroxylation is 2. The van der Waals surface area contributed by atoms with Crippen LogP contribution in [0, 0.1) is 13.8 Å². The molecule has 0 radical (unpaired) electrons. The zero-order valence-electron chi connectivity index (χ0n) is 10.8. The van der Waals surface area contributed by atoms with Gasteiger partial charge in [0, 0.05) is 5.54 Å². The van der Waals surface area contributed by atoms with Gasteiger partial charge in [-0.1, -0.05) is 13.8 Å². The molecule has 0 aliphatic carbocycles. The van der Waals surface area contributed by atoms with E-state index in [1.807, 2.05) is 13.8 Å². The van der Waals surface area contributed by atoms with E-state index in [-0.39, 0.29) is 11.4 Å². The lowest BCUT2D eigenvalue weighted by Crippen LogP contribution is -2.45. The lowest BCUT2D eigenvalue weighted by Gasteiger charge is -2.28. The molecule has 0 saturated carbocycles. The summed E-state index contributed by atoms with van der Waals surface area (Å²) < 4.78 is 5.36. The number of hydrogen-bond donors (Lipinski definition) is 1. The summed E-state index contributed by atoms with van der Waals surface area (Å²) >= 11 is 0. The minimum atomic E-state index is -0.130. The molecular weight excluding hydrogens is 202 g/mol. The first-order valence-electron chi connectivity index (χ1n) is 5.81. The fourth-order valence-corrected chi connectivity index (χ4v) is 1.62. The maximum atomic E-state index is 12.0. The first kappa shape index (κ1) is 12.8. The highest BCUT2D eigenvalue weighted by Crippen LogP contribution is 2.18. The van der Waals surface area contributed by atoms with Crippen molar-refractivity contribution < 1.29 is 9.21 Å². The molecule has 3 nitrogen and oxygen atoms in total. The molecule has 1 aromatic rings. The molecule has 0 bridgehead atoms. The number of nitrogens with one attached hydrogen (secondary N) is 1. The molecule has 16 heavy (non-hydrogen) atoms. The van der Waals surface area contributed by atoms with Crippen LogP contribution in [0.5, 0.6) is 0 Å². The Kier molecular flexibility index (Phi) is 3.79. The van der Waals surface area contributed by atoms with Crippen molar-refractivity contribution >= 4 is 5.91 Å². The Labute approximate surface area is 97.2 Å². The second-order valence-electron chi connectivity index (χ2n) is 4.55. The standard InChI is InChI=1S/C13H21NO2/c1-6-13(5,7-2)14-12(15)11-8-9(3)16-10(11)4/h8H,6-7H2,1-5H3,(H,14,15). The summed E-state index contributed by atoms with van der Waals surface area (Å²) in [5.74, 6) is 1.42. The molecule has 0 saturated heterocycles. The van der Waals surface area contributed by atoms with Gasteiger partial charge in [0.05, 0.1) is 5.56 Å². The lowest BCUT2D eigenvalue weighted by molar-refractivity contribution is 0.0899. The van der Waals surface area contributed by atoms with Gasteiger partial charge in [0.2, 0.25) is 0 Å². The third-order valence-electron chi connectivity index (χ3n) is 3.26. The molecule has 0 fully saturated rings. The zero-order valence-corrected chi connectivity index (χ0v) is 10.8. The highest BCUT2D eigenvalue weighted by atomic mass is 16.3. The van der Waals surface area contributed by atoms with E-state index in [1.165, 1.54) is 0 Å². The average molecular weight is 223 g/mol. The van der Waals surface area contributed by atoms with Crippen molar-refractivity contribution in [1.29, 1.82) is 0 Å². The molecular formula is C13H21NO2. The highest BCUT2D eigenvalue weighted by Gasteiger charge is 2.24. The summed E-state index contributed by atoms with van der Waals surface area (Å²) in [5, 5.41) is 3.06. The number of rotatable bonds is 4. The van der Waals surface area contributed by atoms with Crippen LogP contribution >= 0.6 is 0 Å². The Bertz CT molecular complexity index is 375. The fourth-order valence-electron chi connectivity index (χ4n) is 1.62. The Morgan fingerprint density at radius 1 is 1.38 bits per heavy atom. The zero-order chi connectivity index (χ0) is 12.3. The first-order chi connectivity index (χ1) is 7.41. The molecule has 1 amide bonds. The van der Waals surface area contributed by atoms with Crippen molar-refractivity contribution in [2.24, 2.45) is 0 Å². The number of amides is 1. The minimum Gasteiger partial charge on any atom is -0.466 e. The van der Waals surface area contributed by atoms with Gasteiger partial charge in [-0.15, -0.1) is 0 Å². The summed E-state index contributed by atoms with van der Waals surface area (Å²) in [6.07, 6.45) is 1.84. The second-order valence-corrected chi connectivity index (χ2v) is 4.55. The van der Waals surface area contributed by atoms with Crippen molar-refractivity contribution in [2.75, 3.05) is 0 Å². The van der Waals surface area contributed by atoms with Crippen LogP contribution in [-0.4, -0.2) is 11.4 Å². The number of furan rings is 1. The van der Waals surface area contributed by atoms with E-state index in [9.17, 15) is 4.79 Å². The van der Waals surface area contributed by atoms with Crippen molar-refractivity contribution in [2.45, 2.75) is 53.0 Å². The SMILES string of the molecule is CCC(C)(CC)NC(=O)c1cc(C)oc1C. The molecule has 1 rings (SSSR count). The smallest absolute Gasteiger partial charge is 0.255 e. The lowest BCUT2D eigenvalue weighted by atomic mass is 9.95. The molecule has 0 spiro atoms. The number of carbonyl (C=O) groups is 1. The van der Waals surface area contributed by atoms with E-state index in [0.717, 1.165) is 18.6 Å². The first-order valence-corrected chi connectivity index (χ1v) is 5.81. The maximum absolute atomic E-state index is 12.0. The molecule has 0 aliphatic rings. The largest absolute Gasteiger partial charge is 0.466 e. The van der Waals surface area contributed by atoms with E-state index in [2.05, 4.69) is 26.1 Å². The van der Waals surface area contributed by atoms with Gasteiger partial charge in [0.15, 0.2) is 0 Å². The number of carbonyl (C=O) groups excluding carboxylic acids is 1. The Morgan fingerprint density at radius 3 is 2.31 bits per heavy atom. The Balaban J connectivity index is 2.84. The van der Waals surface area contributed by atoms with Gasteiger partial charge in [-0.2, -0.15) is 0 Å². The molecule has 1 aromatic heterocycles. The monoisotopic (exact) mass is 223 g/mol. The molecule has 0 aliphatic heterocycles. The van der Waals surface area contributed by atoms with Crippen LogP contribution in [0.25, 0.3) is 0 Å². The minimum absolute atomic E-state index is 0.0412. The molecule has 1 N–H and O–H groups in total. The van der Waals surface area contributed by atoms with Crippen LogP contribution in [0.2, 0.25) is 0 Å². The van der Waals surface area contributed by atoms with Crippen molar-refractivity contribution in [3.05, 3.63) is 23.2 Å². The summed E-state index contributed by atoms with van der Waals surface area (Å²) in [4.78, 5) is 12.0. The Hall–Kier alpha value is -1.25. The van der Waals surface area contributed by atoms with Gasteiger partial charge in [-0.25, -0.2) is 0 Å². The van der Waals surface area contributed by atoms with Crippen LogP contribution in [0.1, 0.15) is 55.5 Å². The van der Waals surface area contributed by atoms with Gasteiger partial charge in [0.25, 0.3) is 5.91 Å². The van der Waals surface area contributed by atoms with E-state index in [0.29, 0.717) is 11.3 Å². The van der Waals surface area contributed by atoms with E-state index in [4.69, 9.17) is 4.42 Å². The van der Waals surface area contributed by atoms with Crippen LogP contribution in [-0.2, 0) is 0 Å². The fraction of sp³-hybridized carbons (Fsp3) is 0.615. The third-order valence-corrected chi connectivity index (χ3v) is 3.26. The van der Waals surface area contributed by atoms with Gasteiger partial charge < -0.3 is 9.73 Å². The second kappa shape index (κ2) is 4.73. The predicted octanol–water partition coefficient (Wildman–Crippen LogP) is 3.20. The van der Waals surface area contributed by atoms with Gasteiger partial charge in [-0.3, -0.25) is 4.79 Å². The van der Waals surface area contributed by atoms with Gasteiger partial charge in [-0.05, 0) is 39.7 Å². The summed E-state index contributed by atoms with van der Waals surface area (Å²) in [6.45, 7) is 9.89. The molecule has 90 valence electrons. The quantitative estimate of drug-likeness (QED) is 0.851. The topological polar surface area (TPSA) is 42.2 Å². The van der Waals surface area contributed by atoms with Crippen LogP contribution in [0.3, 0.4) is 0 Å². The van der Waals surface area contributed by atoms with E-state index in [1.54, 1.807) is 6.07 Å². The van der Waals surface area contributed by atoms with Gasteiger partial charge >= 0.3 is 0 Å². The van der Waals surface area contributed by atoms with Crippen molar-refractivity contribution in [3.63, 3.8) is 0 Å². The van der Waals surface area contributed by atoms with Crippen molar-refractivity contribution in [3.8, 4) is 0 Å². The molecule has 1 heterocycles. The van der Waals surface area contributed by atoms with Crippen LogP contribution in [0.15, 0.2) is 10.5 Å². The van der Waals surface area contributed by atoms with E-state index < -0.39 is 0 Å². The summed E-state index contributed by atoms with van der Waals surface area (Å²) in [5.41, 5.74) is 0.514. The van der Waals surface area contributed by atoms with E-state index >= 15 is 0 Å². The summed E-state index contributed by atoms with van der Waals surface area (Å²) in [7, 11) is 0. The molecule has 0 atom stereocenters. The predicted molar refractivity (Wildman–Crippen MR) is 64.6 cm³/mol. The van der Waals surface area contributed by atoms with Crippen LogP contribution < -0.4 is 5.32 Å². The summed E-state index contributed by atoms with van der Waals surface area (Å²) in [6, 6.07) is 1.79. The third kappa shape index (κ3) is 2.65. The molecule has 3 heteroatoms. The average Bonchev–Trinajstić information content (AvgIpc) is 2.57. The maximum Gasteiger partial charge on any atom is 0.255 e. The normalized spacial score (nSPS) is 11.6. The number of hydrogen-bond acceptors (Lipinski definition) is 2. The van der Waals surface area contributed by atoms with Crippen molar-refractivity contribution in [1.82, 2.24) is 5.32 Å². The van der Waals surface area contributed by atoms with Crippen LogP contribution in [0.4, 0.5) is 0 Å². The molecule has 0 unspecified atom stereocenters. The Morgan fingerprint density at radius 2 is 1.94 bits per heavy atom.